The van der Waals surface area contributed by atoms with Crippen LogP contribution in [0.1, 0.15) is 15.9 Å². The maximum Gasteiger partial charge on any atom is 0.256 e. The number of carbonyl (C=O) groups is 1. The Hall–Kier alpha value is -1.46. The van der Waals surface area contributed by atoms with Crippen molar-refractivity contribution in [3.8, 4) is 0 Å². The fourth-order valence-electron chi connectivity index (χ4n) is 1.64. The highest BCUT2D eigenvalue weighted by Gasteiger charge is 2.18. The zero-order valence-corrected chi connectivity index (χ0v) is 10.8. The summed E-state index contributed by atoms with van der Waals surface area (Å²) in [5, 5.41) is 9.52. The number of hydrogen-bond donors (Lipinski definition) is 1. The molecule has 1 aromatic carbocycles. The number of nitrogens with zero attached hydrogens (tertiary/aromatic N) is 1. The van der Waals surface area contributed by atoms with Crippen molar-refractivity contribution in [2.75, 3.05) is 27.3 Å². The van der Waals surface area contributed by atoms with Gasteiger partial charge in [-0.05, 0) is 24.6 Å². The second-order valence-corrected chi connectivity index (χ2v) is 4.28. The number of aryl methyl sites for hydroxylation is 1. The highest BCUT2D eigenvalue weighted by molar-refractivity contribution is 5.94. The molecule has 0 saturated carbocycles. The van der Waals surface area contributed by atoms with Crippen molar-refractivity contribution in [2.24, 2.45) is 0 Å². The minimum atomic E-state index is -0.780. The van der Waals surface area contributed by atoms with Gasteiger partial charge in [-0.3, -0.25) is 4.79 Å². The smallest absolute Gasteiger partial charge is 0.256 e. The van der Waals surface area contributed by atoms with Crippen molar-refractivity contribution < 1.29 is 19.0 Å². The van der Waals surface area contributed by atoms with Crippen molar-refractivity contribution in [2.45, 2.75) is 13.0 Å². The average Bonchev–Trinajstić information content (AvgIpc) is 2.28. The van der Waals surface area contributed by atoms with Crippen molar-refractivity contribution >= 4 is 5.91 Å². The van der Waals surface area contributed by atoms with Gasteiger partial charge in [-0.2, -0.15) is 0 Å². The lowest BCUT2D eigenvalue weighted by molar-refractivity contribution is 0.0378. The predicted molar refractivity (Wildman–Crippen MR) is 66.0 cm³/mol. The molecule has 5 heteroatoms. The Morgan fingerprint density at radius 1 is 1.56 bits per heavy atom. The Morgan fingerprint density at radius 2 is 2.22 bits per heavy atom. The van der Waals surface area contributed by atoms with E-state index in [1.54, 1.807) is 13.0 Å². The van der Waals surface area contributed by atoms with Crippen LogP contribution in [-0.2, 0) is 4.74 Å². The molecule has 0 heterocycles. The lowest BCUT2D eigenvalue weighted by Gasteiger charge is -2.20. The number of benzene rings is 1. The minimum Gasteiger partial charge on any atom is -0.389 e. The molecular weight excluding hydrogens is 237 g/mol. The van der Waals surface area contributed by atoms with E-state index in [4.69, 9.17) is 4.74 Å². The zero-order chi connectivity index (χ0) is 13.7. The van der Waals surface area contributed by atoms with Crippen LogP contribution < -0.4 is 0 Å². The standard InChI is InChI=1S/C13H18FNO3/c1-9-4-5-11(12(14)6-9)13(17)15(2)7-10(16)8-18-3/h4-6,10,16H,7-8H2,1-3H3/t10-/m0/s1. The van der Waals surface area contributed by atoms with E-state index < -0.39 is 17.8 Å². The summed E-state index contributed by atoms with van der Waals surface area (Å²) in [6.07, 6.45) is -0.780. The summed E-state index contributed by atoms with van der Waals surface area (Å²) in [6.45, 7) is 1.98. The van der Waals surface area contributed by atoms with Gasteiger partial charge in [-0.15, -0.1) is 0 Å². The molecule has 0 aliphatic heterocycles. The number of aliphatic hydroxyl groups excluding tert-OH is 1. The maximum absolute atomic E-state index is 13.6. The number of likely N-dealkylation sites (N-methyl/N-ethyl adjacent to an activating group) is 1. The molecule has 1 rings (SSSR count). The third kappa shape index (κ3) is 3.78. The molecule has 0 bridgehead atoms. The van der Waals surface area contributed by atoms with Crippen molar-refractivity contribution in [1.82, 2.24) is 4.90 Å². The van der Waals surface area contributed by atoms with E-state index in [9.17, 15) is 14.3 Å². The number of halogens is 1. The molecule has 1 aromatic rings. The van der Waals surface area contributed by atoms with Crippen molar-refractivity contribution in [3.63, 3.8) is 0 Å². The van der Waals surface area contributed by atoms with Gasteiger partial charge in [-0.25, -0.2) is 4.39 Å². The van der Waals surface area contributed by atoms with Crippen LogP contribution in [0, 0.1) is 12.7 Å². The second-order valence-electron chi connectivity index (χ2n) is 4.28. The van der Waals surface area contributed by atoms with E-state index in [-0.39, 0.29) is 18.7 Å². The average molecular weight is 255 g/mol. The van der Waals surface area contributed by atoms with E-state index in [0.717, 1.165) is 5.56 Å². The van der Waals surface area contributed by atoms with Gasteiger partial charge >= 0.3 is 0 Å². The molecule has 100 valence electrons. The SMILES string of the molecule is COC[C@@H](O)CN(C)C(=O)c1ccc(C)cc1F. The molecule has 0 aromatic heterocycles. The molecule has 0 aliphatic rings. The molecule has 0 radical (unpaired) electrons. The van der Waals surface area contributed by atoms with Gasteiger partial charge in [-0.1, -0.05) is 6.07 Å². The molecule has 0 unspecified atom stereocenters. The Bertz CT molecular complexity index is 423. The molecule has 1 N–H and O–H groups in total. The lowest BCUT2D eigenvalue weighted by Crippen LogP contribution is -2.36. The summed E-state index contributed by atoms with van der Waals surface area (Å²) in [6, 6.07) is 4.44. The monoisotopic (exact) mass is 255 g/mol. The van der Waals surface area contributed by atoms with Crippen LogP contribution >= 0.6 is 0 Å². The number of rotatable bonds is 5. The molecule has 1 amide bonds. The van der Waals surface area contributed by atoms with Crippen molar-refractivity contribution in [3.05, 3.63) is 35.1 Å². The van der Waals surface area contributed by atoms with Crippen LogP contribution in [0.3, 0.4) is 0 Å². The maximum atomic E-state index is 13.6. The van der Waals surface area contributed by atoms with E-state index >= 15 is 0 Å². The topological polar surface area (TPSA) is 49.8 Å². The normalized spacial score (nSPS) is 12.3. The lowest BCUT2D eigenvalue weighted by atomic mass is 10.1. The summed E-state index contributed by atoms with van der Waals surface area (Å²) >= 11 is 0. The van der Waals surface area contributed by atoms with Gasteiger partial charge in [0.15, 0.2) is 0 Å². The third-order valence-electron chi connectivity index (χ3n) is 2.55. The Balaban J connectivity index is 2.74. The van der Waals surface area contributed by atoms with Crippen molar-refractivity contribution in [1.29, 1.82) is 0 Å². The first-order chi connectivity index (χ1) is 8.45. The van der Waals surface area contributed by atoms with Crippen LogP contribution in [0.15, 0.2) is 18.2 Å². The molecule has 18 heavy (non-hydrogen) atoms. The van der Waals surface area contributed by atoms with Gasteiger partial charge in [0.2, 0.25) is 0 Å². The van der Waals surface area contributed by atoms with Gasteiger partial charge in [0.1, 0.15) is 5.82 Å². The van der Waals surface area contributed by atoms with E-state index in [1.807, 2.05) is 0 Å². The molecule has 1 atom stereocenters. The number of aliphatic hydroxyl groups is 1. The van der Waals surface area contributed by atoms with Gasteiger partial charge in [0.25, 0.3) is 5.91 Å². The summed E-state index contributed by atoms with van der Waals surface area (Å²) in [5.41, 5.74) is 0.763. The van der Waals surface area contributed by atoms with E-state index in [0.29, 0.717) is 0 Å². The fraction of sp³-hybridized carbons (Fsp3) is 0.462. The van der Waals surface area contributed by atoms with E-state index in [1.165, 1.54) is 31.2 Å². The van der Waals surface area contributed by atoms with Crippen LogP contribution in [0.4, 0.5) is 4.39 Å². The second kappa shape index (κ2) is 6.47. The summed E-state index contributed by atoms with van der Waals surface area (Å²) in [7, 11) is 2.98. The number of hydrogen-bond acceptors (Lipinski definition) is 3. The van der Waals surface area contributed by atoms with Crippen LogP contribution in [0.25, 0.3) is 0 Å². The zero-order valence-electron chi connectivity index (χ0n) is 10.8. The first-order valence-corrected chi connectivity index (χ1v) is 5.64. The summed E-state index contributed by atoms with van der Waals surface area (Å²) < 4.78 is 18.4. The number of methoxy groups -OCH3 is 1. The third-order valence-corrected chi connectivity index (χ3v) is 2.55. The summed E-state index contributed by atoms with van der Waals surface area (Å²) in [5.74, 6) is -1.00. The Labute approximate surface area is 106 Å². The van der Waals surface area contributed by atoms with Crippen LogP contribution in [0.2, 0.25) is 0 Å². The summed E-state index contributed by atoms with van der Waals surface area (Å²) in [4.78, 5) is 13.2. The first kappa shape index (κ1) is 14.6. The molecular formula is C13H18FNO3. The molecule has 0 aliphatic carbocycles. The number of ether oxygens (including phenoxy) is 1. The van der Waals surface area contributed by atoms with Gasteiger partial charge in [0.05, 0.1) is 18.3 Å². The Morgan fingerprint density at radius 3 is 2.78 bits per heavy atom. The van der Waals surface area contributed by atoms with E-state index in [2.05, 4.69) is 0 Å². The molecule has 0 fully saturated rings. The predicted octanol–water partition coefficient (Wildman–Crippen LogP) is 1.21. The first-order valence-electron chi connectivity index (χ1n) is 5.64. The fourth-order valence-corrected chi connectivity index (χ4v) is 1.64. The highest BCUT2D eigenvalue weighted by Crippen LogP contribution is 2.12. The van der Waals surface area contributed by atoms with Crippen LogP contribution in [-0.4, -0.2) is 49.3 Å². The van der Waals surface area contributed by atoms with Crippen LogP contribution in [0.5, 0.6) is 0 Å². The van der Waals surface area contributed by atoms with Gasteiger partial charge in [0, 0.05) is 20.7 Å². The Kier molecular flexibility index (Phi) is 5.25. The molecule has 0 saturated heterocycles. The molecule has 0 spiro atoms. The highest BCUT2D eigenvalue weighted by atomic mass is 19.1. The minimum absolute atomic E-state index is 0.00715. The quantitative estimate of drug-likeness (QED) is 0.860. The molecule has 4 nitrogen and oxygen atoms in total. The van der Waals surface area contributed by atoms with Gasteiger partial charge < -0.3 is 14.7 Å². The number of carbonyl (C=O) groups excluding carboxylic acids is 1. The largest absolute Gasteiger partial charge is 0.389 e. The number of amides is 1.